The Morgan fingerprint density at radius 2 is 1.80 bits per heavy atom. The molecular weight excluding hydrogens is 652 g/mol. The molecule has 2 saturated heterocycles. The van der Waals surface area contributed by atoms with Gasteiger partial charge in [0.2, 0.25) is 0 Å². The van der Waals surface area contributed by atoms with Gasteiger partial charge in [-0.05, 0) is 68.4 Å². The van der Waals surface area contributed by atoms with E-state index in [1.165, 1.54) is 16.9 Å². The second-order valence-corrected chi connectivity index (χ2v) is 13.8. The Morgan fingerprint density at radius 3 is 2.51 bits per heavy atom. The highest BCUT2D eigenvalue weighted by Crippen LogP contribution is 2.39. The first kappa shape index (κ1) is 31.8. The Kier molecular flexibility index (Phi) is 8.66. The summed E-state index contributed by atoms with van der Waals surface area (Å²) in [6, 6.07) is 11.0. The van der Waals surface area contributed by atoms with Crippen LogP contribution in [0.4, 0.5) is 24.7 Å². The van der Waals surface area contributed by atoms with Crippen molar-refractivity contribution in [2.24, 2.45) is 11.8 Å². The fourth-order valence-corrected chi connectivity index (χ4v) is 7.95. The van der Waals surface area contributed by atoms with Gasteiger partial charge in [-0.1, -0.05) is 41.4 Å². The van der Waals surface area contributed by atoms with Crippen LogP contribution in [0.3, 0.4) is 0 Å². The molecule has 0 radical (unpaired) electrons. The van der Waals surface area contributed by atoms with Crippen LogP contribution in [0.5, 0.6) is 0 Å². The summed E-state index contributed by atoms with van der Waals surface area (Å²) in [6.07, 6.45) is -1.47. The lowest BCUT2D eigenvalue weighted by Crippen LogP contribution is -2.54. The molecule has 0 amide bonds. The van der Waals surface area contributed by atoms with E-state index in [0.717, 1.165) is 19.4 Å². The zero-order valence-corrected chi connectivity index (χ0v) is 26.8. The highest BCUT2D eigenvalue weighted by Gasteiger charge is 2.41. The minimum Gasteiger partial charge on any atom is -0.370 e. The van der Waals surface area contributed by atoms with Crippen LogP contribution < -0.4 is 9.80 Å². The van der Waals surface area contributed by atoms with E-state index >= 15 is 0 Å². The Balaban J connectivity index is 1.23. The van der Waals surface area contributed by atoms with Gasteiger partial charge in [0.1, 0.15) is 16.2 Å². The maximum atomic E-state index is 14.0. The number of anilines is 2. The Labute approximate surface area is 269 Å². The molecule has 2 aliphatic rings. The standard InChI is InChI=1S/C30H31Cl2F3N6O3S/c1-3-44-45(42,43)25-9-5-4-8-24(25)39-12-6-7-19(15-39)20-16-40(17-20)26-14-36-27-28(30(33,34)35)38-41(29(27)37-26)18(2)22-11-10-21(31)13-23(22)32/h4-5,8-11,13-14,18-20H,3,6-7,12,15-17H2,1-2H3/t18-,19+/m1/s1. The molecule has 9 nitrogen and oxygen atoms in total. The van der Waals surface area contributed by atoms with E-state index in [9.17, 15) is 21.6 Å². The number of piperidine rings is 1. The van der Waals surface area contributed by atoms with E-state index in [4.69, 9.17) is 27.4 Å². The maximum absolute atomic E-state index is 14.0. The van der Waals surface area contributed by atoms with Crippen molar-refractivity contribution < 1.29 is 25.8 Å². The average molecular weight is 684 g/mol. The van der Waals surface area contributed by atoms with Gasteiger partial charge < -0.3 is 9.80 Å². The quantitative estimate of drug-likeness (QED) is 0.187. The topological polar surface area (TPSA) is 93.5 Å². The molecule has 2 aliphatic heterocycles. The predicted molar refractivity (Wildman–Crippen MR) is 166 cm³/mol. The highest BCUT2D eigenvalue weighted by atomic mass is 35.5. The maximum Gasteiger partial charge on any atom is 0.437 e. The molecule has 4 aromatic rings. The number of fused-ring (bicyclic) bond motifs is 1. The molecule has 6 rings (SSSR count). The molecule has 4 heterocycles. The lowest BCUT2D eigenvalue weighted by atomic mass is 9.80. The third-order valence-corrected chi connectivity index (χ3v) is 10.5. The van der Waals surface area contributed by atoms with Gasteiger partial charge in [0.05, 0.1) is 24.5 Å². The molecule has 0 unspecified atom stereocenters. The lowest BCUT2D eigenvalue weighted by molar-refractivity contribution is -0.140. The molecule has 240 valence electrons. The minimum atomic E-state index is -4.72. The number of para-hydroxylation sites is 1. The summed E-state index contributed by atoms with van der Waals surface area (Å²) in [7, 11) is -3.88. The zero-order chi connectivity index (χ0) is 32.1. The van der Waals surface area contributed by atoms with Gasteiger partial charge in [0.15, 0.2) is 11.3 Å². The molecule has 0 aliphatic carbocycles. The van der Waals surface area contributed by atoms with Gasteiger partial charge in [-0.2, -0.15) is 26.7 Å². The van der Waals surface area contributed by atoms with Crippen LogP contribution in [-0.2, 0) is 20.5 Å². The van der Waals surface area contributed by atoms with Crippen molar-refractivity contribution in [3.8, 4) is 0 Å². The normalized spacial score (nSPS) is 18.8. The molecule has 2 atom stereocenters. The summed E-state index contributed by atoms with van der Waals surface area (Å²) in [5.74, 6) is 1.05. The summed E-state index contributed by atoms with van der Waals surface area (Å²) in [5.41, 5.74) is -0.245. The van der Waals surface area contributed by atoms with Crippen LogP contribution in [0, 0.1) is 11.8 Å². The first-order valence-corrected chi connectivity index (χ1v) is 16.8. The fraction of sp³-hybridized carbons (Fsp3) is 0.433. The molecular formula is C30H31Cl2F3N6O3S. The van der Waals surface area contributed by atoms with Crippen LogP contribution in [0.2, 0.25) is 10.0 Å². The third-order valence-electron chi connectivity index (χ3n) is 8.54. The largest absolute Gasteiger partial charge is 0.437 e. The molecule has 15 heteroatoms. The van der Waals surface area contributed by atoms with Crippen LogP contribution in [0.15, 0.2) is 53.6 Å². The molecule has 0 N–H and O–H groups in total. The molecule has 45 heavy (non-hydrogen) atoms. The van der Waals surface area contributed by atoms with Gasteiger partial charge in [-0.3, -0.25) is 4.18 Å². The van der Waals surface area contributed by atoms with E-state index < -0.39 is 28.0 Å². The van der Waals surface area contributed by atoms with E-state index in [2.05, 4.69) is 20.0 Å². The number of nitrogens with zero attached hydrogens (tertiary/aromatic N) is 6. The molecule has 0 spiro atoms. The number of alkyl halides is 3. The summed E-state index contributed by atoms with van der Waals surface area (Å²) in [5, 5.41) is 4.62. The van der Waals surface area contributed by atoms with Crippen LogP contribution in [0.1, 0.15) is 44.0 Å². The van der Waals surface area contributed by atoms with E-state index in [-0.39, 0.29) is 22.7 Å². The van der Waals surface area contributed by atoms with E-state index in [1.807, 2.05) is 17.0 Å². The van der Waals surface area contributed by atoms with Crippen molar-refractivity contribution in [3.63, 3.8) is 0 Å². The number of benzene rings is 2. The number of hydrogen-bond acceptors (Lipinski definition) is 8. The summed E-state index contributed by atoms with van der Waals surface area (Å²) >= 11 is 12.4. The highest BCUT2D eigenvalue weighted by molar-refractivity contribution is 7.87. The zero-order valence-electron chi connectivity index (χ0n) is 24.5. The fourth-order valence-electron chi connectivity index (χ4n) is 6.24. The van der Waals surface area contributed by atoms with Gasteiger partial charge in [-0.25, -0.2) is 14.6 Å². The van der Waals surface area contributed by atoms with Crippen LogP contribution in [-0.4, -0.2) is 61.0 Å². The molecule has 2 fully saturated rings. The number of hydrogen-bond donors (Lipinski definition) is 0. The SMILES string of the molecule is CCOS(=O)(=O)c1ccccc1N1CCC[C@H](C2CN(c3cnc4c(C(F)(F)F)nn([C@H](C)c5ccc(Cl)cc5Cl)c4n3)C2)C1. The van der Waals surface area contributed by atoms with E-state index in [1.54, 1.807) is 38.1 Å². The number of halogens is 5. The van der Waals surface area contributed by atoms with Gasteiger partial charge in [0.25, 0.3) is 10.1 Å². The van der Waals surface area contributed by atoms with Crippen molar-refractivity contribution in [3.05, 3.63) is 70.0 Å². The monoisotopic (exact) mass is 682 g/mol. The Morgan fingerprint density at radius 1 is 1.07 bits per heavy atom. The first-order valence-electron chi connectivity index (χ1n) is 14.6. The summed E-state index contributed by atoms with van der Waals surface area (Å²) < 4.78 is 73.7. The smallest absolute Gasteiger partial charge is 0.370 e. The van der Waals surface area contributed by atoms with E-state index in [0.29, 0.717) is 58.6 Å². The lowest BCUT2D eigenvalue weighted by Gasteiger charge is -2.47. The predicted octanol–water partition coefficient (Wildman–Crippen LogP) is 6.84. The van der Waals surface area contributed by atoms with Crippen molar-refractivity contribution in [2.45, 2.75) is 43.8 Å². The third kappa shape index (κ3) is 6.19. The van der Waals surface area contributed by atoms with Crippen molar-refractivity contribution >= 4 is 56.0 Å². The van der Waals surface area contributed by atoms with Crippen LogP contribution >= 0.6 is 23.2 Å². The second kappa shape index (κ2) is 12.2. The molecule has 0 bridgehead atoms. The number of rotatable bonds is 8. The summed E-state index contributed by atoms with van der Waals surface area (Å²) in [4.78, 5) is 13.1. The van der Waals surface area contributed by atoms with Crippen molar-refractivity contribution in [2.75, 3.05) is 42.6 Å². The van der Waals surface area contributed by atoms with Crippen molar-refractivity contribution in [1.29, 1.82) is 0 Å². The molecule has 0 saturated carbocycles. The van der Waals surface area contributed by atoms with Gasteiger partial charge in [0, 0.05) is 36.2 Å². The molecule has 2 aromatic carbocycles. The summed E-state index contributed by atoms with van der Waals surface area (Å²) in [6.45, 7) is 6.10. The second-order valence-electron chi connectivity index (χ2n) is 11.4. The minimum absolute atomic E-state index is 0.0118. The van der Waals surface area contributed by atoms with Gasteiger partial charge in [-0.15, -0.1) is 0 Å². The molecule has 2 aromatic heterocycles. The van der Waals surface area contributed by atoms with Crippen molar-refractivity contribution in [1.82, 2.24) is 19.7 Å². The van der Waals surface area contributed by atoms with Crippen LogP contribution in [0.25, 0.3) is 11.2 Å². The average Bonchev–Trinajstić information content (AvgIpc) is 3.36. The Hall–Kier alpha value is -3.13. The number of aromatic nitrogens is 4. The van der Waals surface area contributed by atoms with Gasteiger partial charge >= 0.3 is 6.18 Å². The Bertz CT molecular complexity index is 1830. The first-order chi connectivity index (χ1) is 21.4.